The molecule has 0 fully saturated rings. The van der Waals surface area contributed by atoms with Crippen LogP contribution in [0.3, 0.4) is 0 Å². The van der Waals surface area contributed by atoms with Gasteiger partial charge in [0.15, 0.2) is 0 Å². The average Bonchev–Trinajstić information content (AvgIpc) is 2.12. The summed E-state index contributed by atoms with van der Waals surface area (Å²) in [5.74, 6) is -0.941. The van der Waals surface area contributed by atoms with E-state index in [9.17, 15) is 9.59 Å². The van der Waals surface area contributed by atoms with Gasteiger partial charge in [0.2, 0.25) is 0 Å². The zero-order chi connectivity index (χ0) is 10.1. The van der Waals surface area contributed by atoms with E-state index < -0.39 is 5.97 Å². The molecule has 0 heterocycles. The first-order valence-corrected chi connectivity index (χ1v) is 4.20. The number of esters is 1. The second-order valence-electron chi connectivity index (χ2n) is 2.48. The van der Waals surface area contributed by atoms with Crippen LogP contribution in [-0.2, 0) is 19.2 Å². The normalized spacial score (nSPS) is 9.38. The first-order valence-electron chi connectivity index (χ1n) is 4.20. The predicted octanol–water partition coefficient (Wildman–Crippen LogP) is 1.13. The number of ether oxygens (including phenoxy) is 1. The molecule has 13 heavy (non-hydrogen) atoms. The minimum atomic E-state index is -0.677. The average molecular weight is 190 g/mol. The fourth-order valence-corrected chi connectivity index (χ4v) is 0.817. The molecule has 0 atom stereocenters. The van der Waals surface area contributed by atoms with Crippen molar-refractivity contribution in [2.24, 2.45) is 0 Å². The summed E-state index contributed by atoms with van der Waals surface area (Å²) in [5.41, 5.74) is 0. The maximum atomic E-state index is 10.8. The van der Waals surface area contributed by atoms with Crippen LogP contribution in [0.4, 0.5) is 0 Å². The summed E-state index contributed by atoms with van der Waals surface area (Å²) >= 11 is 0. The Morgan fingerprint density at radius 3 is 2.15 bits per heavy atom. The zero-order valence-electron chi connectivity index (χ0n) is 7.62. The molecule has 5 nitrogen and oxygen atoms in total. The van der Waals surface area contributed by atoms with Crippen molar-refractivity contribution in [3.63, 3.8) is 0 Å². The minimum Gasteiger partial charge on any atom is -0.466 e. The lowest BCUT2D eigenvalue weighted by Gasteiger charge is -2.00. The number of hydrogen-bond acceptors (Lipinski definition) is 5. The van der Waals surface area contributed by atoms with Gasteiger partial charge in [-0.15, -0.1) is 0 Å². The number of carbonyl (C=O) groups is 2. The van der Waals surface area contributed by atoms with Crippen molar-refractivity contribution in [1.82, 2.24) is 0 Å². The predicted molar refractivity (Wildman–Crippen MR) is 43.8 cm³/mol. The Morgan fingerprint density at radius 2 is 1.69 bits per heavy atom. The lowest BCUT2D eigenvalue weighted by molar-refractivity contribution is -0.234. The summed E-state index contributed by atoms with van der Waals surface area (Å²) < 4.78 is 4.67. The van der Waals surface area contributed by atoms with E-state index >= 15 is 0 Å². The smallest absolute Gasteiger partial charge is 0.342 e. The van der Waals surface area contributed by atoms with Crippen molar-refractivity contribution < 1.29 is 24.5 Å². The van der Waals surface area contributed by atoms with Gasteiger partial charge in [-0.3, -0.25) is 4.79 Å². The summed E-state index contributed by atoms with van der Waals surface area (Å²) in [6, 6.07) is 0. The standard InChI is InChI=1S/C8H14O5/c1-2-12-7(9)5-3-4-6-8(10)13-11/h11H,2-6H2,1H3. The Balaban J connectivity index is 3.25. The molecule has 0 aliphatic heterocycles. The molecule has 0 rings (SSSR count). The van der Waals surface area contributed by atoms with Gasteiger partial charge in [0.25, 0.3) is 0 Å². The monoisotopic (exact) mass is 190 g/mol. The molecular weight excluding hydrogens is 176 g/mol. The molecule has 0 saturated heterocycles. The summed E-state index contributed by atoms with van der Waals surface area (Å²) in [4.78, 5) is 24.6. The molecule has 0 aromatic carbocycles. The van der Waals surface area contributed by atoms with Crippen LogP contribution in [0.1, 0.15) is 32.6 Å². The SMILES string of the molecule is CCOC(=O)CCCCC(=O)OO. The number of carbonyl (C=O) groups excluding carboxylic acids is 2. The van der Waals surface area contributed by atoms with Gasteiger partial charge in [-0.1, -0.05) is 0 Å². The molecule has 76 valence electrons. The lowest BCUT2D eigenvalue weighted by atomic mass is 10.2. The van der Waals surface area contributed by atoms with Crippen LogP contribution in [0.25, 0.3) is 0 Å². The molecular formula is C8H14O5. The van der Waals surface area contributed by atoms with E-state index in [2.05, 4.69) is 9.62 Å². The Labute approximate surface area is 76.6 Å². The van der Waals surface area contributed by atoms with Crippen LogP contribution in [0, 0.1) is 0 Å². The summed E-state index contributed by atoms with van der Waals surface area (Å²) in [7, 11) is 0. The highest BCUT2D eigenvalue weighted by atomic mass is 17.1. The van der Waals surface area contributed by atoms with Gasteiger partial charge in [-0.05, 0) is 19.8 Å². The van der Waals surface area contributed by atoms with Crippen molar-refractivity contribution in [1.29, 1.82) is 0 Å². The number of rotatable bonds is 6. The van der Waals surface area contributed by atoms with E-state index in [1.807, 2.05) is 0 Å². The third-order valence-corrected chi connectivity index (χ3v) is 1.42. The molecule has 0 aromatic heterocycles. The summed E-state index contributed by atoms with van der Waals surface area (Å²) in [5, 5.41) is 7.89. The van der Waals surface area contributed by atoms with Gasteiger partial charge >= 0.3 is 11.9 Å². The molecule has 0 aliphatic rings. The molecule has 0 bridgehead atoms. The van der Waals surface area contributed by atoms with Crippen LogP contribution >= 0.6 is 0 Å². The van der Waals surface area contributed by atoms with Crippen LogP contribution in [0.2, 0.25) is 0 Å². The highest BCUT2D eigenvalue weighted by Gasteiger charge is 2.04. The van der Waals surface area contributed by atoms with Crippen molar-refractivity contribution in [3.8, 4) is 0 Å². The molecule has 0 spiro atoms. The van der Waals surface area contributed by atoms with Crippen molar-refractivity contribution in [2.75, 3.05) is 6.61 Å². The number of unbranched alkanes of at least 4 members (excludes halogenated alkanes) is 1. The Hall–Kier alpha value is -1.10. The van der Waals surface area contributed by atoms with E-state index in [4.69, 9.17) is 5.26 Å². The van der Waals surface area contributed by atoms with Gasteiger partial charge in [0.1, 0.15) is 0 Å². The molecule has 0 aliphatic carbocycles. The lowest BCUT2D eigenvalue weighted by Crippen LogP contribution is -2.04. The summed E-state index contributed by atoms with van der Waals surface area (Å²) in [6.45, 7) is 2.11. The van der Waals surface area contributed by atoms with Gasteiger partial charge in [0.05, 0.1) is 6.61 Å². The molecule has 5 heteroatoms. The minimum absolute atomic E-state index is 0.121. The Morgan fingerprint density at radius 1 is 1.15 bits per heavy atom. The summed E-state index contributed by atoms with van der Waals surface area (Å²) in [6.07, 6.45) is 1.49. The van der Waals surface area contributed by atoms with E-state index in [0.717, 1.165) is 0 Å². The third kappa shape index (κ3) is 7.27. The van der Waals surface area contributed by atoms with Crippen LogP contribution in [-0.4, -0.2) is 23.8 Å². The zero-order valence-corrected chi connectivity index (χ0v) is 7.62. The van der Waals surface area contributed by atoms with E-state index in [1.165, 1.54) is 0 Å². The largest absolute Gasteiger partial charge is 0.466 e. The van der Waals surface area contributed by atoms with Gasteiger partial charge < -0.3 is 9.62 Å². The van der Waals surface area contributed by atoms with Crippen LogP contribution < -0.4 is 0 Å². The highest BCUT2D eigenvalue weighted by Crippen LogP contribution is 2.02. The second kappa shape index (κ2) is 7.54. The van der Waals surface area contributed by atoms with Crippen molar-refractivity contribution >= 4 is 11.9 Å². The molecule has 0 saturated carbocycles. The molecule has 0 radical (unpaired) electrons. The van der Waals surface area contributed by atoms with Gasteiger partial charge in [-0.2, -0.15) is 5.26 Å². The maximum Gasteiger partial charge on any atom is 0.342 e. The van der Waals surface area contributed by atoms with Gasteiger partial charge in [0, 0.05) is 12.8 Å². The fraction of sp³-hybridized carbons (Fsp3) is 0.750. The van der Waals surface area contributed by atoms with E-state index in [1.54, 1.807) is 6.92 Å². The first-order chi connectivity index (χ1) is 6.20. The Bertz CT molecular complexity index is 166. The van der Waals surface area contributed by atoms with Crippen molar-refractivity contribution in [2.45, 2.75) is 32.6 Å². The molecule has 0 unspecified atom stereocenters. The molecule has 1 N–H and O–H groups in total. The fourth-order valence-electron chi connectivity index (χ4n) is 0.817. The quantitative estimate of drug-likeness (QED) is 0.294. The first kappa shape index (κ1) is 11.9. The Kier molecular flexibility index (Phi) is 6.91. The van der Waals surface area contributed by atoms with E-state index in [-0.39, 0.29) is 12.4 Å². The maximum absolute atomic E-state index is 10.8. The molecule has 0 aromatic rings. The van der Waals surface area contributed by atoms with Crippen molar-refractivity contribution in [3.05, 3.63) is 0 Å². The number of hydrogen-bond donors (Lipinski definition) is 1. The van der Waals surface area contributed by atoms with Gasteiger partial charge in [-0.25, -0.2) is 4.79 Å². The highest BCUT2D eigenvalue weighted by molar-refractivity contribution is 5.70. The second-order valence-corrected chi connectivity index (χ2v) is 2.48. The van der Waals surface area contributed by atoms with E-state index in [0.29, 0.717) is 25.9 Å². The topological polar surface area (TPSA) is 72.8 Å². The molecule has 0 amide bonds. The van der Waals surface area contributed by atoms with Crippen LogP contribution in [0.5, 0.6) is 0 Å². The third-order valence-electron chi connectivity index (χ3n) is 1.42. The van der Waals surface area contributed by atoms with Crippen LogP contribution in [0.15, 0.2) is 0 Å².